The third-order valence-corrected chi connectivity index (χ3v) is 8.04. The minimum Gasteiger partial charge on any atom is -0.481 e. The Hall–Kier alpha value is -5.53. The van der Waals surface area contributed by atoms with E-state index < -0.39 is 65.3 Å². The van der Waals surface area contributed by atoms with Gasteiger partial charge in [0.15, 0.2) is 0 Å². The minimum absolute atomic E-state index is 0.156. The smallest absolute Gasteiger partial charge is 0.336 e. The molecule has 2 heterocycles. The number of rotatable bonds is 13. The second-order valence-electron chi connectivity index (χ2n) is 11.8. The Balaban J connectivity index is 1.43. The lowest BCUT2D eigenvalue weighted by atomic mass is 10.0. The van der Waals surface area contributed by atoms with Crippen molar-refractivity contribution in [3.8, 4) is 0 Å². The van der Waals surface area contributed by atoms with Gasteiger partial charge < -0.3 is 35.7 Å². The first-order valence-electron chi connectivity index (χ1n) is 15.6. The number of hydrogen-bond acceptors (Lipinski definition) is 8. The monoisotopic (exact) mass is 661 g/mol. The fourth-order valence-corrected chi connectivity index (χ4v) is 5.51. The summed E-state index contributed by atoms with van der Waals surface area (Å²) in [4.78, 5) is 89.1. The average Bonchev–Trinajstić information content (AvgIpc) is 3.53. The van der Waals surface area contributed by atoms with Crippen molar-refractivity contribution in [3.05, 3.63) is 76.1 Å². The Labute approximate surface area is 276 Å². The molecule has 1 saturated heterocycles. The Kier molecular flexibility index (Phi) is 11.7. The summed E-state index contributed by atoms with van der Waals surface area (Å²) < 4.78 is 5.30. The molecular weight excluding hydrogens is 622 g/mol. The van der Waals surface area contributed by atoms with Crippen LogP contribution in [0.2, 0.25) is 0 Å². The molecule has 1 fully saturated rings. The molecule has 1 aliphatic rings. The van der Waals surface area contributed by atoms with Crippen LogP contribution in [0, 0.1) is 6.92 Å². The summed E-state index contributed by atoms with van der Waals surface area (Å²) in [6.45, 7) is 4.91. The molecule has 0 saturated carbocycles. The number of carbonyl (C=O) groups excluding carboxylic acids is 5. The maximum Gasteiger partial charge on any atom is 0.336 e. The molecule has 4 rings (SSSR count). The van der Waals surface area contributed by atoms with Crippen molar-refractivity contribution in [1.82, 2.24) is 20.9 Å². The van der Waals surface area contributed by atoms with E-state index in [9.17, 15) is 33.6 Å². The van der Waals surface area contributed by atoms with Gasteiger partial charge in [0.05, 0.1) is 6.42 Å². The Morgan fingerprint density at radius 3 is 2.35 bits per heavy atom. The number of amides is 5. The molecule has 0 aliphatic carbocycles. The Morgan fingerprint density at radius 1 is 0.917 bits per heavy atom. The molecule has 4 atom stereocenters. The van der Waals surface area contributed by atoms with Crippen molar-refractivity contribution in [1.29, 1.82) is 0 Å². The van der Waals surface area contributed by atoms with Gasteiger partial charge in [-0.3, -0.25) is 28.8 Å². The van der Waals surface area contributed by atoms with Crippen LogP contribution in [-0.4, -0.2) is 76.2 Å². The van der Waals surface area contributed by atoms with Gasteiger partial charge in [-0.2, -0.15) is 0 Å². The fourth-order valence-electron chi connectivity index (χ4n) is 5.51. The first-order chi connectivity index (χ1) is 22.8. The van der Waals surface area contributed by atoms with E-state index in [0.717, 1.165) is 11.1 Å². The highest BCUT2D eigenvalue weighted by Gasteiger charge is 2.38. The lowest BCUT2D eigenvalue weighted by Gasteiger charge is -2.29. The summed E-state index contributed by atoms with van der Waals surface area (Å²) in [7, 11) is 0. The van der Waals surface area contributed by atoms with Gasteiger partial charge in [0.25, 0.3) is 0 Å². The van der Waals surface area contributed by atoms with E-state index in [2.05, 4.69) is 21.3 Å². The van der Waals surface area contributed by atoms with Gasteiger partial charge in [-0.25, -0.2) is 4.79 Å². The number of hydrogen-bond donors (Lipinski definition) is 5. The van der Waals surface area contributed by atoms with Gasteiger partial charge in [0.1, 0.15) is 29.8 Å². The SMILES string of the molecule is Cc1cc(=O)oc2cc(NC(=O)[C@H](Cc3ccccc3)NC(=O)[C@@H]3CCCN3C(=O)[C@H](C)NC(=O)[C@H](C)NC(=O)CCC(=O)O)ccc12. The van der Waals surface area contributed by atoms with Crippen LogP contribution in [0.15, 0.2) is 63.8 Å². The number of fused-ring (bicyclic) bond motifs is 1. The number of carbonyl (C=O) groups is 6. The summed E-state index contributed by atoms with van der Waals surface area (Å²) in [5.74, 6) is -3.97. The van der Waals surface area contributed by atoms with Crippen LogP contribution in [0.1, 0.15) is 50.7 Å². The van der Waals surface area contributed by atoms with Gasteiger partial charge in [-0.1, -0.05) is 30.3 Å². The number of nitrogens with zero attached hydrogens (tertiary/aromatic N) is 1. The maximum absolute atomic E-state index is 13.6. The van der Waals surface area contributed by atoms with Crippen molar-refractivity contribution < 1.29 is 38.3 Å². The largest absolute Gasteiger partial charge is 0.481 e. The molecule has 3 aromatic rings. The summed E-state index contributed by atoms with van der Waals surface area (Å²) >= 11 is 0. The van der Waals surface area contributed by atoms with Crippen molar-refractivity contribution >= 4 is 52.2 Å². The molecule has 48 heavy (non-hydrogen) atoms. The highest BCUT2D eigenvalue weighted by molar-refractivity contribution is 6.00. The van der Waals surface area contributed by atoms with Crippen LogP contribution in [0.25, 0.3) is 11.0 Å². The molecule has 0 radical (unpaired) electrons. The van der Waals surface area contributed by atoms with Crippen LogP contribution in [0.5, 0.6) is 0 Å². The highest BCUT2D eigenvalue weighted by atomic mass is 16.4. The molecule has 5 amide bonds. The van der Waals surface area contributed by atoms with E-state index >= 15 is 0 Å². The van der Waals surface area contributed by atoms with E-state index in [1.165, 1.54) is 24.8 Å². The second-order valence-corrected chi connectivity index (χ2v) is 11.8. The summed E-state index contributed by atoms with van der Waals surface area (Å²) in [5.41, 5.74) is 1.67. The zero-order valence-corrected chi connectivity index (χ0v) is 26.9. The number of anilines is 1. The third kappa shape index (κ3) is 9.27. The quantitative estimate of drug-likeness (QED) is 0.169. The lowest BCUT2D eigenvalue weighted by Crippen LogP contribution is -2.56. The maximum atomic E-state index is 13.6. The fraction of sp³-hybridized carbons (Fsp3) is 0.382. The number of aliphatic carboxylic acids is 1. The number of benzene rings is 2. The highest BCUT2D eigenvalue weighted by Crippen LogP contribution is 2.22. The van der Waals surface area contributed by atoms with Crippen LogP contribution in [-0.2, 0) is 35.2 Å². The zero-order valence-electron chi connectivity index (χ0n) is 26.9. The van der Waals surface area contributed by atoms with Crippen molar-refractivity contribution in [3.63, 3.8) is 0 Å². The molecule has 0 unspecified atom stereocenters. The molecule has 0 bridgehead atoms. The van der Waals surface area contributed by atoms with Crippen molar-refractivity contribution in [2.45, 2.75) is 77.0 Å². The van der Waals surface area contributed by atoms with E-state index in [-0.39, 0.29) is 25.8 Å². The molecule has 2 aromatic carbocycles. The predicted molar refractivity (Wildman–Crippen MR) is 175 cm³/mol. The van der Waals surface area contributed by atoms with Gasteiger partial charge in [0, 0.05) is 42.6 Å². The van der Waals surface area contributed by atoms with E-state index in [1.807, 2.05) is 30.3 Å². The van der Waals surface area contributed by atoms with Gasteiger partial charge in [-0.05, 0) is 56.9 Å². The standard InChI is InChI=1S/C34H39N5O9/c1-19-16-30(43)48-27-18-23(11-12-24(19)27)37-32(45)25(17-22-8-5-4-6-9-22)38-33(46)26-10-7-15-39(26)34(47)21(3)36-31(44)20(2)35-28(40)13-14-29(41)42/h4-6,8-9,11-12,16,18,20-21,25-26H,7,10,13-15,17H2,1-3H3,(H,35,40)(H,36,44)(H,37,45)(H,38,46)(H,41,42)/t20-,21-,25-,26-/m0/s1. The first kappa shape index (κ1) is 35.3. The lowest BCUT2D eigenvalue weighted by molar-refractivity contribution is -0.142. The Bertz CT molecular complexity index is 1760. The van der Waals surface area contributed by atoms with Crippen LogP contribution >= 0.6 is 0 Å². The molecule has 1 aliphatic heterocycles. The number of aryl methyl sites for hydroxylation is 1. The normalized spacial score (nSPS) is 16.0. The Morgan fingerprint density at radius 2 is 1.65 bits per heavy atom. The predicted octanol–water partition coefficient (Wildman–Crippen LogP) is 1.63. The molecule has 1 aromatic heterocycles. The van der Waals surface area contributed by atoms with Gasteiger partial charge in [-0.15, -0.1) is 0 Å². The molecule has 5 N–H and O–H groups in total. The van der Waals surface area contributed by atoms with E-state index in [4.69, 9.17) is 9.52 Å². The van der Waals surface area contributed by atoms with Gasteiger partial charge in [0.2, 0.25) is 29.5 Å². The van der Waals surface area contributed by atoms with E-state index in [0.29, 0.717) is 29.5 Å². The number of carboxylic acid groups (broad SMARTS) is 1. The minimum atomic E-state index is -1.14. The molecule has 14 nitrogen and oxygen atoms in total. The second kappa shape index (κ2) is 15.8. The van der Waals surface area contributed by atoms with Crippen LogP contribution in [0.4, 0.5) is 5.69 Å². The van der Waals surface area contributed by atoms with Crippen molar-refractivity contribution in [2.75, 3.05) is 11.9 Å². The van der Waals surface area contributed by atoms with Crippen molar-refractivity contribution in [2.24, 2.45) is 0 Å². The summed E-state index contributed by atoms with van der Waals surface area (Å²) in [6, 6.07) is 11.4. The molecule has 14 heteroatoms. The zero-order chi connectivity index (χ0) is 35.0. The molecular formula is C34H39N5O9. The van der Waals surface area contributed by atoms with Crippen LogP contribution < -0.4 is 26.9 Å². The molecule has 0 spiro atoms. The average molecular weight is 662 g/mol. The van der Waals surface area contributed by atoms with Crippen LogP contribution in [0.3, 0.4) is 0 Å². The van der Waals surface area contributed by atoms with Gasteiger partial charge >= 0.3 is 11.6 Å². The number of likely N-dealkylation sites (tertiary alicyclic amines) is 1. The topological polar surface area (TPSA) is 204 Å². The number of nitrogens with one attached hydrogen (secondary N) is 4. The van der Waals surface area contributed by atoms with E-state index in [1.54, 1.807) is 25.1 Å². The first-order valence-corrected chi connectivity index (χ1v) is 15.6. The summed E-state index contributed by atoms with van der Waals surface area (Å²) in [5, 5.41) is 20.0. The third-order valence-electron chi connectivity index (χ3n) is 8.04. The number of carboxylic acids is 1. The summed E-state index contributed by atoms with van der Waals surface area (Å²) in [6.07, 6.45) is 0.345. The molecule has 254 valence electrons.